The number of anilines is 2. The van der Waals surface area contributed by atoms with Crippen molar-refractivity contribution < 1.29 is 9.90 Å². The van der Waals surface area contributed by atoms with Crippen LogP contribution in [-0.2, 0) is 4.79 Å². The van der Waals surface area contributed by atoms with Gasteiger partial charge in [-0.05, 0) is 106 Å². The quantitative estimate of drug-likeness (QED) is 0.0780. The van der Waals surface area contributed by atoms with Crippen LogP contribution in [0.4, 0.5) is 11.4 Å². The van der Waals surface area contributed by atoms with Crippen molar-refractivity contribution in [1.29, 1.82) is 5.26 Å². The molecule has 0 aliphatic rings. The summed E-state index contributed by atoms with van der Waals surface area (Å²) in [5.74, 6) is -1.22. The van der Waals surface area contributed by atoms with E-state index in [4.69, 9.17) is 5.26 Å². The largest absolute Gasteiger partial charge is 0.477 e. The van der Waals surface area contributed by atoms with Crippen molar-refractivity contribution in [2.24, 2.45) is 0 Å². The van der Waals surface area contributed by atoms with Crippen LogP contribution in [0.5, 0.6) is 0 Å². The number of fused-ring (bicyclic) bond motifs is 1. The van der Waals surface area contributed by atoms with Crippen LogP contribution < -0.4 is 5.32 Å². The van der Waals surface area contributed by atoms with E-state index in [1.807, 2.05) is 18.2 Å². The summed E-state index contributed by atoms with van der Waals surface area (Å²) in [6.07, 6.45) is 5.94. The monoisotopic (exact) mass is 772 g/mol. The van der Waals surface area contributed by atoms with Gasteiger partial charge < -0.3 is 10.4 Å². The second kappa shape index (κ2) is 16.8. The average molecular weight is 773 g/mol. The Kier molecular flexibility index (Phi) is 10.9. The highest BCUT2D eigenvalue weighted by Crippen LogP contribution is 2.40. The topological polar surface area (TPSA) is 73.1 Å². The van der Waals surface area contributed by atoms with Gasteiger partial charge in [-0.2, -0.15) is 5.26 Å². The van der Waals surface area contributed by atoms with Gasteiger partial charge in [0.25, 0.3) is 0 Å². The zero-order valence-corrected chi connectivity index (χ0v) is 32.7. The zero-order chi connectivity index (χ0) is 39.1. The fraction of sp³-hybridized carbons (Fsp3) is 0.0196. The molecule has 0 radical (unpaired) electrons. The Morgan fingerprint density at radius 2 is 1.18 bits per heavy atom. The standard InChI is InChI=1S/C51H36N2O2S2/c1-34-12-8-9-17-43(34)46(29-35-20-24-39(25-21-35)48-32-50-49(57-48)31-42(56-50)30-40(33-52)51(54)55)44-18-10-11-19-47(44)53-41-26-22-36(23-27-41)28-45(37-13-4-2-5-14-37)38-15-6-3-7-16-38/h2-32,53H,1H3,(H,54,55)/b40-30-,46-29+. The lowest BCUT2D eigenvalue weighted by atomic mass is 9.91. The lowest BCUT2D eigenvalue weighted by molar-refractivity contribution is -0.132. The summed E-state index contributed by atoms with van der Waals surface area (Å²) in [6, 6.07) is 61.0. The minimum absolute atomic E-state index is 0.268. The van der Waals surface area contributed by atoms with Crippen LogP contribution in [-0.4, -0.2) is 11.1 Å². The van der Waals surface area contributed by atoms with E-state index in [0.717, 1.165) is 63.9 Å². The van der Waals surface area contributed by atoms with E-state index in [2.05, 4.69) is 176 Å². The molecule has 2 N–H and O–H groups in total. The summed E-state index contributed by atoms with van der Waals surface area (Å²) < 4.78 is 2.13. The fourth-order valence-corrected chi connectivity index (χ4v) is 9.17. The molecule has 0 atom stereocenters. The van der Waals surface area contributed by atoms with E-state index in [1.54, 1.807) is 17.4 Å². The number of hydrogen-bond acceptors (Lipinski definition) is 5. The fourth-order valence-electron chi connectivity index (χ4n) is 6.82. The van der Waals surface area contributed by atoms with E-state index in [0.29, 0.717) is 0 Å². The molecule has 2 aromatic heterocycles. The highest BCUT2D eigenvalue weighted by atomic mass is 32.1. The number of benzene rings is 6. The molecule has 0 bridgehead atoms. The van der Waals surface area contributed by atoms with E-state index in [-0.39, 0.29) is 5.57 Å². The number of carbonyl (C=O) groups is 1. The molecule has 274 valence electrons. The number of thiophene rings is 2. The molecule has 0 aliphatic heterocycles. The van der Waals surface area contributed by atoms with Crippen molar-refractivity contribution in [1.82, 2.24) is 0 Å². The highest BCUT2D eigenvalue weighted by Gasteiger charge is 2.15. The summed E-state index contributed by atoms with van der Waals surface area (Å²) in [6.45, 7) is 2.15. The second-order valence-electron chi connectivity index (χ2n) is 13.5. The molecule has 0 amide bonds. The summed E-state index contributed by atoms with van der Waals surface area (Å²) in [4.78, 5) is 13.2. The Labute approximate surface area is 340 Å². The molecule has 6 aromatic carbocycles. The molecule has 4 nitrogen and oxygen atoms in total. The predicted molar refractivity (Wildman–Crippen MR) is 241 cm³/mol. The SMILES string of the molecule is Cc1ccccc1/C(=C\c1ccc(-c2cc3sc(/C=C(/C#N)C(=O)O)cc3s2)cc1)c1ccccc1Nc1ccc(C=C(c2ccccc2)c2ccccc2)cc1. The van der Waals surface area contributed by atoms with E-state index in [9.17, 15) is 9.90 Å². The number of nitrogens with one attached hydrogen (secondary N) is 1. The van der Waals surface area contributed by atoms with Gasteiger partial charge in [0.1, 0.15) is 11.6 Å². The average Bonchev–Trinajstić information content (AvgIpc) is 3.82. The maximum atomic E-state index is 11.3. The Balaban J connectivity index is 1.08. The van der Waals surface area contributed by atoms with Crippen LogP contribution >= 0.6 is 22.7 Å². The number of carboxylic acids is 1. The first kappa shape index (κ1) is 36.9. The Morgan fingerprint density at radius 3 is 1.79 bits per heavy atom. The maximum absolute atomic E-state index is 11.3. The molecule has 2 heterocycles. The minimum Gasteiger partial charge on any atom is -0.477 e. The Hall–Kier alpha value is -7.04. The van der Waals surface area contributed by atoms with Crippen LogP contribution in [0, 0.1) is 18.3 Å². The van der Waals surface area contributed by atoms with Crippen LogP contribution in [0.25, 0.3) is 49.2 Å². The van der Waals surface area contributed by atoms with Crippen molar-refractivity contribution in [3.8, 4) is 16.5 Å². The van der Waals surface area contributed by atoms with Crippen molar-refractivity contribution in [3.63, 3.8) is 0 Å². The van der Waals surface area contributed by atoms with Gasteiger partial charge in [0.15, 0.2) is 0 Å². The van der Waals surface area contributed by atoms with Gasteiger partial charge in [-0.1, -0.05) is 140 Å². The Bertz CT molecular complexity index is 2770. The predicted octanol–water partition coefficient (Wildman–Crippen LogP) is 13.9. The van der Waals surface area contributed by atoms with Gasteiger partial charge in [-0.15, -0.1) is 22.7 Å². The van der Waals surface area contributed by atoms with E-state index >= 15 is 0 Å². The lowest BCUT2D eigenvalue weighted by Crippen LogP contribution is -1.98. The number of carboxylic acid groups (broad SMARTS) is 1. The highest BCUT2D eigenvalue weighted by molar-refractivity contribution is 7.29. The number of aliphatic carboxylic acids is 1. The minimum atomic E-state index is -1.22. The lowest BCUT2D eigenvalue weighted by Gasteiger charge is -2.17. The van der Waals surface area contributed by atoms with Crippen molar-refractivity contribution in [2.45, 2.75) is 6.92 Å². The van der Waals surface area contributed by atoms with Crippen LogP contribution in [0.1, 0.15) is 43.8 Å². The summed E-state index contributed by atoms with van der Waals surface area (Å²) in [5, 5.41) is 22.1. The molecule has 0 spiro atoms. The molecule has 0 aliphatic carbocycles. The molecule has 6 heteroatoms. The molecule has 0 saturated carbocycles. The first-order chi connectivity index (χ1) is 27.9. The first-order valence-electron chi connectivity index (χ1n) is 18.5. The van der Waals surface area contributed by atoms with Crippen LogP contribution in [0.15, 0.2) is 175 Å². The third-order valence-electron chi connectivity index (χ3n) is 9.69. The van der Waals surface area contributed by atoms with Gasteiger partial charge >= 0.3 is 5.97 Å². The number of aryl methyl sites for hydroxylation is 1. The van der Waals surface area contributed by atoms with Crippen LogP contribution in [0.2, 0.25) is 0 Å². The summed E-state index contributed by atoms with van der Waals surface area (Å²) in [5.41, 5.74) is 13.2. The van der Waals surface area contributed by atoms with E-state index in [1.165, 1.54) is 39.7 Å². The molecule has 0 saturated heterocycles. The third kappa shape index (κ3) is 8.46. The van der Waals surface area contributed by atoms with Crippen LogP contribution in [0.3, 0.4) is 0 Å². The van der Waals surface area contributed by atoms with Gasteiger partial charge in [0.2, 0.25) is 0 Å². The number of rotatable bonds is 11. The summed E-state index contributed by atoms with van der Waals surface area (Å²) >= 11 is 3.14. The molecule has 8 aromatic rings. The molecule has 8 rings (SSSR count). The van der Waals surface area contributed by atoms with Gasteiger partial charge in [0.05, 0.1) is 0 Å². The van der Waals surface area contributed by atoms with Gasteiger partial charge in [-0.3, -0.25) is 0 Å². The number of para-hydroxylation sites is 1. The maximum Gasteiger partial charge on any atom is 0.346 e. The van der Waals surface area contributed by atoms with Gasteiger partial charge in [0, 0.05) is 36.1 Å². The molecular weight excluding hydrogens is 737 g/mol. The molecule has 57 heavy (non-hydrogen) atoms. The normalized spacial score (nSPS) is 11.6. The Morgan fingerprint density at radius 1 is 0.614 bits per heavy atom. The van der Waals surface area contributed by atoms with Gasteiger partial charge in [-0.25, -0.2) is 4.79 Å². The van der Waals surface area contributed by atoms with Crippen molar-refractivity contribution in [3.05, 3.63) is 219 Å². The third-order valence-corrected chi connectivity index (χ3v) is 12.0. The summed E-state index contributed by atoms with van der Waals surface area (Å²) in [7, 11) is 0. The first-order valence-corrected chi connectivity index (χ1v) is 20.1. The number of hydrogen-bond donors (Lipinski definition) is 2. The molecule has 0 unspecified atom stereocenters. The molecular formula is C51H36N2O2S2. The number of nitriles is 1. The van der Waals surface area contributed by atoms with Crippen molar-refractivity contribution in [2.75, 3.05) is 5.32 Å². The zero-order valence-electron chi connectivity index (χ0n) is 31.0. The number of nitrogens with zero attached hydrogens (tertiary/aromatic N) is 1. The second-order valence-corrected chi connectivity index (χ2v) is 15.7. The van der Waals surface area contributed by atoms with Crippen molar-refractivity contribution >= 4 is 78.8 Å². The smallest absolute Gasteiger partial charge is 0.346 e. The molecule has 0 fully saturated rings. The van der Waals surface area contributed by atoms with E-state index < -0.39 is 5.97 Å².